The van der Waals surface area contributed by atoms with Gasteiger partial charge in [0.05, 0.1) is 32.7 Å². The van der Waals surface area contributed by atoms with Crippen molar-refractivity contribution in [3.8, 4) is 17.2 Å². The summed E-state index contributed by atoms with van der Waals surface area (Å²) in [5, 5.41) is 3.80. The lowest BCUT2D eigenvalue weighted by Crippen LogP contribution is -2.32. The summed E-state index contributed by atoms with van der Waals surface area (Å²) in [6, 6.07) is 5.63. The monoisotopic (exact) mass is 382 g/mol. The fourth-order valence-corrected chi connectivity index (χ4v) is 3.31. The van der Waals surface area contributed by atoms with E-state index < -0.39 is 0 Å². The van der Waals surface area contributed by atoms with Crippen LogP contribution < -0.4 is 41.4 Å². The van der Waals surface area contributed by atoms with Crippen LogP contribution in [0, 0.1) is 0 Å². The second kappa shape index (κ2) is 8.14. The number of fused-ring (bicyclic) bond motifs is 1. The molecule has 0 bridgehead atoms. The molecular formula is C21H26N4O3. The smallest absolute Gasteiger partial charge is 0.203 e. The first kappa shape index (κ1) is 19.4. The summed E-state index contributed by atoms with van der Waals surface area (Å²) < 4.78 is 18.3. The zero-order valence-electron chi connectivity index (χ0n) is 16.6. The van der Waals surface area contributed by atoms with E-state index in [1.807, 2.05) is 13.2 Å². The predicted molar refractivity (Wildman–Crippen MR) is 111 cm³/mol. The Morgan fingerprint density at radius 3 is 2.36 bits per heavy atom. The molecule has 7 heteroatoms. The molecule has 0 unspecified atom stereocenters. The number of hydrazine groups is 1. The maximum absolute atomic E-state index is 6.45. The van der Waals surface area contributed by atoms with Crippen molar-refractivity contribution in [3.63, 3.8) is 0 Å². The van der Waals surface area contributed by atoms with Gasteiger partial charge in [0.25, 0.3) is 0 Å². The highest BCUT2D eigenvalue weighted by molar-refractivity contribution is 5.70. The van der Waals surface area contributed by atoms with Gasteiger partial charge in [-0.25, -0.2) is 5.84 Å². The molecule has 4 N–H and O–H groups in total. The Balaban J connectivity index is 2.04. The molecule has 0 radical (unpaired) electrons. The standard InChI is InChI=1S/C21H26N4O3/c1-24-9-8-15-10-14(6-5-7-17(15)24)18(13-22)25(23)16-11-19(26-2)21(28-4)20(12-16)27-3/h6-13H,5,22-23H2,1-4H3/b18-13-. The Kier molecular flexibility index (Phi) is 5.65. The second-order valence-corrected chi connectivity index (χ2v) is 6.32. The van der Waals surface area contributed by atoms with Crippen molar-refractivity contribution in [2.45, 2.75) is 6.42 Å². The highest BCUT2D eigenvalue weighted by Crippen LogP contribution is 2.41. The maximum atomic E-state index is 6.45. The van der Waals surface area contributed by atoms with Crippen molar-refractivity contribution in [3.05, 3.63) is 58.5 Å². The van der Waals surface area contributed by atoms with Crippen LogP contribution in [0.5, 0.6) is 17.2 Å². The first-order valence-corrected chi connectivity index (χ1v) is 8.84. The van der Waals surface area contributed by atoms with Gasteiger partial charge in [-0.3, -0.25) is 5.01 Å². The lowest BCUT2D eigenvalue weighted by molar-refractivity contribution is 0.324. The average Bonchev–Trinajstić information content (AvgIpc) is 2.92. The summed E-state index contributed by atoms with van der Waals surface area (Å²) in [7, 11) is 6.72. The van der Waals surface area contributed by atoms with Crippen LogP contribution in [0.4, 0.5) is 5.69 Å². The molecule has 0 saturated carbocycles. The highest BCUT2D eigenvalue weighted by atomic mass is 16.5. The quantitative estimate of drug-likeness (QED) is 0.575. The first-order chi connectivity index (χ1) is 13.5. The van der Waals surface area contributed by atoms with E-state index in [9.17, 15) is 0 Å². The fraction of sp³-hybridized carbons (Fsp3) is 0.238. The van der Waals surface area contributed by atoms with Crippen LogP contribution in [0.25, 0.3) is 12.2 Å². The SMILES string of the molecule is COc1cc(N(N)/C(=C\N)C2=CCC=c3c(ccn3C)=C2)cc(OC)c1OC. The van der Waals surface area contributed by atoms with Crippen LogP contribution in [0.1, 0.15) is 6.42 Å². The second-order valence-electron chi connectivity index (χ2n) is 6.32. The van der Waals surface area contributed by atoms with Crippen molar-refractivity contribution >= 4 is 17.8 Å². The van der Waals surface area contributed by atoms with Crippen LogP contribution in [0.3, 0.4) is 0 Å². The van der Waals surface area contributed by atoms with Gasteiger partial charge in [0.1, 0.15) is 0 Å². The third kappa shape index (κ3) is 3.44. The normalized spacial score (nSPS) is 13.5. The molecule has 1 aromatic heterocycles. The minimum absolute atomic E-state index is 0.504. The molecule has 1 aliphatic carbocycles. The van der Waals surface area contributed by atoms with Gasteiger partial charge in [0, 0.05) is 36.9 Å². The molecule has 28 heavy (non-hydrogen) atoms. The molecule has 0 saturated heterocycles. The summed E-state index contributed by atoms with van der Waals surface area (Å²) in [4.78, 5) is 0. The summed E-state index contributed by atoms with van der Waals surface area (Å²) >= 11 is 0. The Morgan fingerprint density at radius 2 is 1.79 bits per heavy atom. The topological polar surface area (TPSA) is 87.9 Å². The number of methoxy groups -OCH3 is 3. The van der Waals surface area contributed by atoms with E-state index in [-0.39, 0.29) is 0 Å². The van der Waals surface area contributed by atoms with Crippen LogP contribution in [0.15, 0.2) is 47.9 Å². The number of allylic oxidation sites excluding steroid dienone is 2. The Morgan fingerprint density at radius 1 is 1.11 bits per heavy atom. The van der Waals surface area contributed by atoms with Gasteiger partial charge in [-0.1, -0.05) is 12.2 Å². The summed E-state index contributed by atoms with van der Waals surface area (Å²) in [6.07, 6.45) is 10.7. The Labute approximate surface area is 164 Å². The van der Waals surface area contributed by atoms with Gasteiger partial charge in [-0.2, -0.15) is 0 Å². The first-order valence-electron chi connectivity index (χ1n) is 8.84. The minimum Gasteiger partial charge on any atom is -0.493 e. The zero-order chi connectivity index (χ0) is 20.3. The average molecular weight is 382 g/mol. The molecule has 0 fully saturated rings. The van der Waals surface area contributed by atoms with E-state index in [0.717, 1.165) is 17.2 Å². The van der Waals surface area contributed by atoms with E-state index in [4.69, 9.17) is 25.8 Å². The molecule has 1 aliphatic rings. The number of hydrogen-bond acceptors (Lipinski definition) is 6. The number of rotatable bonds is 6. The number of hydrogen-bond donors (Lipinski definition) is 2. The van der Waals surface area contributed by atoms with Gasteiger partial charge < -0.3 is 24.5 Å². The van der Waals surface area contributed by atoms with E-state index in [2.05, 4.69) is 28.9 Å². The number of aryl methyl sites for hydroxylation is 1. The predicted octanol–water partition coefficient (Wildman–Crippen LogP) is 1.12. The van der Waals surface area contributed by atoms with E-state index >= 15 is 0 Å². The molecule has 0 aliphatic heterocycles. The van der Waals surface area contributed by atoms with Crippen molar-refractivity contribution in [1.82, 2.24) is 4.57 Å². The van der Waals surface area contributed by atoms with Gasteiger partial charge in [0.2, 0.25) is 5.75 Å². The van der Waals surface area contributed by atoms with E-state index in [1.54, 1.807) is 33.5 Å². The van der Waals surface area contributed by atoms with E-state index in [1.165, 1.54) is 16.6 Å². The molecule has 1 heterocycles. The third-order valence-corrected chi connectivity index (χ3v) is 4.75. The van der Waals surface area contributed by atoms with Gasteiger partial charge in [-0.15, -0.1) is 0 Å². The van der Waals surface area contributed by atoms with Crippen LogP contribution in [-0.2, 0) is 7.05 Å². The highest BCUT2D eigenvalue weighted by Gasteiger charge is 2.19. The van der Waals surface area contributed by atoms with Crippen molar-refractivity contribution in [2.75, 3.05) is 26.3 Å². The Bertz CT molecular complexity index is 1030. The van der Waals surface area contributed by atoms with Gasteiger partial charge in [0.15, 0.2) is 11.5 Å². The lowest BCUT2D eigenvalue weighted by Gasteiger charge is -2.24. The number of nitrogens with zero attached hydrogens (tertiary/aromatic N) is 2. The van der Waals surface area contributed by atoms with E-state index in [0.29, 0.717) is 28.6 Å². The molecule has 7 nitrogen and oxygen atoms in total. The van der Waals surface area contributed by atoms with Crippen LogP contribution in [0.2, 0.25) is 0 Å². The number of aromatic nitrogens is 1. The Hall–Kier alpha value is -3.32. The number of anilines is 1. The minimum atomic E-state index is 0.504. The molecule has 148 valence electrons. The number of nitrogens with two attached hydrogens (primary N) is 2. The van der Waals surface area contributed by atoms with Gasteiger partial charge in [-0.05, 0) is 29.4 Å². The number of benzene rings is 1. The summed E-state index contributed by atoms with van der Waals surface area (Å²) in [5.41, 5.74) is 8.22. The molecule has 2 aromatic rings. The molecule has 3 rings (SSSR count). The molecule has 0 amide bonds. The summed E-state index contributed by atoms with van der Waals surface area (Å²) in [5.74, 6) is 7.99. The zero-order valence-corrected chi connectivity index (χ0v) is 16.6. The van der Waals surface area contributed by atoms with Gasteiger partial charge >= 0.3 is 0 Å². The third-order valence-electron chi connectivity index (χ3n) is 4.75. The fourth-order valence-electron chi connectivity index (χ4n) is 3.31. The lowest BCUT2D eigenvalue weighted by atomic mass is 10.1. The van der Waals surface area contributed by atoms with Crippen molar-refractivity contribution < 1.29 is 14.2 Å². The molecule has 0 spiro atoms. The van der Waals surface area contributed by atoms with Crippen molar-refractivity contribution in [1.29, 1.82) is 0 Å². The maximum Gasteiger partial charge on any atom is 0.203 e. The van der Waals surface area contributed by atoms with Crippen LogP contribution in [-0.4, -0.2) is 25.9 Å². The largest absolute Gasteiger partial charge is 0.493 e. The molecular weight excluding hydrogens is 356 g/mol. The van der Waals surface area contributed by atoms with Crippen LogP contribution >= 0.6 is 0 Å². The molecule has 1 aromatic carbocycles. The summed E-state index contributed by atoms with van der Waals surface area (Å²) in [6.45, 7) is 0. The molecule has 0 atom stereocenters. The number of ether oxygens (including phenoxy) is 3. The van der Waals surface area contributed by atoms with Crippen molar-refractivity contribution in [2.24, 2.45) is 18.6 Å².